The lowest BCUT2D eigenvalue weighted by atomic mass is 9.92. The van der Waals surface area contributed by atoms with Crippen LogP contribution in [-0.2, 0) is 22.9 Å². The highest BCUT2D eigenvalue weighted by molar-refractivity contribution is 7.89. The van der Waals surface area contributed by atoms with E-state index in [0.29, 0.717) is 11.7 Å². The van der Waals surface area contributed by atoms with Gasteiger partial charge < -0.3 is 4.74 Å². The van der Waals surface area contributed by atoms with Crippen molar-refractivity contribution < 1.29 is 13.2 Å². The summed E-state index contributed by atoms with van der Waals surface area (Å²) in [4.78, 5) is 0.246. The van der Waals surface area contributed by atoms with Crippen molar-refractivity contribution in [2.24, 2.45) is 5.92 Å². The molecule has 146 valence electrons. The topological polar surface area (TPSA) is 55.4 Å². The highest BCUT2D eigenvalue weighted by Gasteiger charge is 2.27. The molecule has 3 rings (SSSR count). The minimum atomic E-state index is -3.70. The quantitative estimate of drug-likeness (QED) is 0.753. The van der Waals surface area contributed by atoms with E-state index in [0.717, 1.165) is 43.2 Å². The van der Waals surface area contributed by atoms with E-state index in [-0.39, 0.29) is 10.9 Å². The van der Waals surface area contributed by atoms with E-state index in [1.165, 1.54) is 12.7 Å². The maximum absolute atomic E-state index is 13.3. The van der Waals surface area contributed by atoms with Crippen LogP contribution in [0.3, 0.4) is 0 Å². The van der Waals surface area contributed by atoms with E-state index in [9.17, 15) is 8.42 Å². The molecule has 0 unspecified atom stereocenters. The number of hydrogen-bond donors (Lipinski definition) is 1. The van der Waals surface area contributed by atoms with Crippen LogP contribution in [0.2, 0.25) is 0 Å². The highest BCUT2D eigenvalue weighted by atomic mass is 32.2. The van der Waals surface area contributed by atoms with Gasteiger partial charge in [-0.1, -0.05) is 44.2 Å². The molecule has 0 saturated carbocycles. The molecule has 0 aliphatic heterocycles. The predicted octanol–water partition coefficient (Wildman–Crippen LogP) is 4.64. The molecule has 27 heavy (non-hydrogen) atoms. The van der Waals surface area contributed by atoms with Crippen molar-refractivity contribution in [1.82, 2.24) is 4.72 Å². The average molecular weight is 388 g/mol. The van der Waals surface area contributed by atoms with Gasteiger partial charge in [0.2, 0.25) is 10.0 Å². The van der Waals surface area contributed by atoms with Crippen LogP contribution in [0.25, 0.3) is 0 Å². The highest BCUT2D eigenvalue weighted by Crippen LogP contribution is 2.33. The Morgan fingerprint density at radius 3 is 2.26 bits per heavy atom. The molecule has 0 aromatic heterocycles. The van der Waals surface area contributed by atoms with Gasteiger partial charge in [-0.25, -0.2) is 13.1 Å². The molecular formula is C22H29NO3S. The van der Waals surface area contributed by atoms with Gasteiger partial charge in [0.1, 0.15) is 10.6 Å². The van der Waals surface area contributed by atoms with Crippen LogP contribution in [-0.4, -0.2) is 15.5 Å². The lowest BCUT2D eigenvalue weighted by molar-refractivity contribution is 0.399. The Labute approximate surface area is 163 Å². The first-order valence-electron chi connectivity index (χ1n) is 9.67. The number of sulfonamides is 1. The molecule has 0 saturated heterocycles. The minimum absolute atomic E-state index is 0.246. The molecule has 2 aromatic carbocycles. The Morgan fingerprint density at radius 1 is 1.04 bits per heavy atom. The smallest absolute Gasteiger partial charge is 0.244 e. The first-order chi connectivity index (χ1) is 12.9. The van der Waals surface area contributed by atoms with Crippen molar-refractivity contribution >= 4 is 10.0 Å². The van der Waals surface area contributed by atoms with Crippen LogP contribution in [0.5, 0.6) is 5.75 Å². The molecule has 5 heteroatoms. The maximum atomic E-state index is 13.3. The second-order valence-electron chi connectivity index (χ2n) is 7.69. The summed E-state index contributed by atoms with van der Waals surface area (Å²) >= 11 is 0. The number of methoxy groups -OCH3 is 1. The molecule has 4 nitrogen and oxygen atoms in total. The molecule has 0 radical (unpaired) electrons. The van der Waals surface area contributed by atoms with Gasteiger partial charge in [-0.15, -0.1) is 0 Å². The Morgan fingerprint density at radius 2 is 1.67 bits per heavy atom. The molecule has 0 bridgehead atoms. The van der Waals surface area contributed by atoms with Gasteiger partial charge in [0, 0.05) is 6.04 Å². The fourth-order valence-electron chi connectivity index (χ4n) is 3.77. The zero-order valence-corrected chi connectivity index (χ0v) is 17.2. The Hall–Kier alpha value is -1.85. The van der Waals surface area contributed by atoms with Gasteiger partial charge in [-0.2, -0.15) is 0 Å². The Balaban J connectivity index is 1.97. The molecule has 1 N–H and O–H groups in total. The fraction of sp³-hybridized carbons (Fsp3) is 0.455. The van der Waals surface area contributed by atoms with Crippen molar-refractivity contribution in [1.29, 1.82) is 0 Å². The molecule has 1 aliphatic carbocycles. The van der Waals surface area contributed by atoms with Gasteiger partial charge in [0.15, 0.2) is 0 Å². The second kappa shape index (κ2) is 8.44. The van der Waals surface area contributed by atoms with Crippen LogP contribution in [0.1, 0.15) is 55.8 Å². The van der Waals surface area contributed by atoms with E-state index in [4.69, 9.17) is 4.74 Å². The number of nitrogens with one attached hydrogen (secondary N) is 1. The second-order valence-corrected chi connectivity index (χ2v) is 9.38. The first kappa shape index (κ1) is 19.9. The maximum Gasteiger partial charge on any atom is 0.244 e. The minimum Gasteiger partial charge on any atom is -0.495 e. The normalized spacial score (nSPS) is 15.4. The lowest BCUT2D eigenvalue weighted by Crippen LogP contribution is -2.30. The molecule has 2 aromatic rings. The summed E-state index contributed by atoms with van der Waals surface area (Å²) in [7, 11) is -2.17. The summed E-state index contributed by atoms with van der Waals surface area (Å²) in [5.74, 6) is 0.794. The standard InChI is InChI=1S/C22H29NO3S/c1-16(2)13-20(17-9-5-4-6-10-17)23-27(24,25)22-15-19-12-8-7-11-18(19)14-21(22)26-3/h4-6,9-10,14-16,20,23H,7-8,11-13H2,1-3H3/t20-/m0/s1. The van der Waals surface area contributed by atoms with Crippen molar-refractivity contribution in [2.45, 2.75) is 56.9 Å². The summed E-state index contributed by atoms with van der Waals surface area (Å²) in [6.45, 7) is 4.20. The number of benzene rings is 2. The van der Waals surface area contributed by atoms with Gasteiger partial charge in [-0.3, -0.25) is 0 Å². The summed E-state index contributed by atoms with van der Waals surface area (Å²) in [6.07, 6.45) is 4.89. The van der Waals surface area contributed by atoms with Crippen LogP contribution < -0.4 is 9.46 Å². The molecule has 1 aliphatic rings. The van der Waals surface area contributed by atoms with Crippen molar-refractivity contribution in [3.05, 3.63) is 59.2 Å². The third-order valence-electron chi connectivity index (χ3n) is 5.12. The Kier molecular flexibility index (Phi) is 6.22. The average Bonchev–Trinajstić information content (AvgIpc) is 2.66. The molecule has 0 amide bonds. The summed E-state index contributed by atoms with van der Waals surface area (Å²) in [5.41, 5.74) is 3.31. The van der Waals surface area contributed by atoms with Crippen LogP contribution >= 0.6 is 0 Å². The summed E-state index contributed by atoms with van der Waals surface area (Å²) < 4.78 is 34.9. The van der Waals surface area contributed by atoms with Crippen LogP contribution in [0, 0.1) is 5.92 Å². The zero-order valence-electron chi connectivity index (χ0n) is 16.4. The van der Waals surface area contributed by atoms with Gasteiger partial charge in [-0.05, 0) is 66.8 Å². The van der Waals surface area contributed by atoms with E-state index >= 15 is 0 Å². The molecule has 1 atom stereocenters. The molecular weight excluding hydrogens is 358 g/mol. The van der Waals surface area contributed by atoms with E-state index in [1.807, 2.05) is 42.5 Å². The number of ether oxygens (including phenoxy) is 1. The number of aryl methyl sites for hydroxylation is 2. The summed E-state index contributed by atoms with van der Waals surface area (Å²) in [6, 6.07) is 13.2. The van der Waals surface area contributed by atoms with Crippen LogP contribution in [0.15, 0.2) is 47.4 Å². The van der Waals surface area contributed by atoms with Gasteiger partial charge >= 0.3 is 0 Å². The van der Waals surface area contributed by atoms with Crippen molar-refractivity contribution in [2.75, 3.05) is 7.11 Å². The van der Waals surface area contributed by atoms with Crippen molar-refractivity contribution in [3.63, 3.8) is 0 Å². The third kappa shape index (κ3) is 4.71. The molecule has 0 spiro atoms. The Bertz CT molecular complexity index is 876. The number of hydrogen-bond acceptors (Lipinski definition) is 3. The third-order valence-corrected chi connectivity index (χ3v) is 6.62. The zero-order chi connectivity index (χ0) is 19.4. The van der Waals surface area contributed by atoms with Gasteiger partial charge in [0.05, 0.1) is 7.11 Å². The fourth-order valence-corrected chi connectivity index (χ4v) is 5.21. The van der Waals surface area contributed by atoms with E-state index in [2.05, 4.69) is 18.6 Å². The predicted molar refractivity (Wildman–Crippen MR) is 109 cm³/mol. The first-order valence-corrected chi connectivity index (χ1v) is 11.2. The van der Waals surface area contributed by atoms with Gasteiger partial charge in [0.25, 0.3) is 0 Å². The lowest BCUT2D eigenvalue weighted by Gasteiger charge is -2.23. The molecule has 0 heterocycles. The van der Waals surface area contributed by atoms with E-state index in [1.54, 1.807) is 0 Å². The summed E-state index contributed by atoms with van der Waals surface area (Å²) in [5, 5.41) is 0. The number of rotatable bonds is 7. The van der Waals surface area contributed by atoms with Crippen LogP contribution in [0.4, 0.5) is 0 Å². The molecule has 0 fully saturated rings. The monoisotopic (exact) mass is 387 g/mol. The number of fused-ring (bicyclic) bond motifs is 1. The van der Waals surface area contributed by atoms with Crippen molar-refractivity contribution in [3.8, 4) is 5.75 Å². The SMILES string of the molecule is COc1cc2c(cc1S(=O)(=O)N[C@@H](CC(C)C)c1ccccc1)CCCC2. The largest absolute Gasteiger partial charge is 0.495 e. The van der Waals surface area contributed by atoms with E-state index < -0.39 is 10.0 Å².